The van der Waals surface area contributed by atoms with Crippen LogP contribution in [0.4, 0.5) is 5.69 Å². The van der Waals surface area contributed by atoms with Gasteiger partial charge in [-0.25, -0.2) is 0 Å². The van der Waals surface area contributed by atoms with Crippen LogP contribution in [0.15, 0.2) is 18.2 Å². The smallest absolute Gasteiger partial charge is 0.309 e. The number of aryl methyl sites for hydroxylation is 1. The molecule has 3 rings (SSSR count). The van der Waals surface area contributed by atoms with Crippen molar-refractivity contribution in [2.75, 3.05) is 25.6 Å². The van der Waals surface area contributed by atoms with Gasteiger partial charge in [0.2, 0.25) is 0 Å². The first-order valence-corrected chi connectivity index (χ1v) is 7.57. The Morgan fingerprint density at radius 2 is 2.24 bits per heavy atom. The number of aromatic nitrogens is 1. The van der Waals surface area contributed by atoms with E-state index in [1.54, 1.807) is 0 Å². The number of H-pyrrole nitrogens is 1. The van der Waals surface area contributed by atoms with E-state index in [0.717, 1.165) is 24.8 Å². The number of hydrogen-bond donors (Lipinski definition) is 1. The molecule has 0 amide bonds. The third-order valence-corrected chi connectivity index (χ3v) is 4.31. The Bertz CT molecular complexity index is 673. The fourth-order valence-corrected chi connectivity index (χ4v) is 3.16. The first kappa shape index (κ1) is 14.0. The fraction of sp³-hybridized carbons (Fsp3) is 0.471. The number of benzene rings is 1. The van der Waals surface area contributed by atoms with Crippen LogP contribution in [0.25, 0.3) is 10.9 Å². The Hall–Kier alpha value is -1.97. The quantitative estimate of drug-likeness (QED) is 0.882. The summed E-state index contributed by atoms with van der Waals surface area (Å²) in [5.74, 6) is -0.0605. The topological polar surface area (TPSA) is 45.3 Å². The van der Waals surface area contributed by atoms with Crippen molar-refractivity contribution in [3.05, 3.63) is 29.5 Å². The average molecular weight is 286 g/mol. The molecule has 1 aromatic carbocycles. The lowest BCUT2D eigenvalue weighted by Gasteiger charge is -2.20. The molecule has 0 saturated carbocycles. The van der Waals surface area contributed by atoms with Crippen molar-refractivity contribution in [2.24, 2.45) is 5.92 Å². The van der Waals surface area contributed by atoms with E-state index < -0.39 is 0 Å². The van der Waals surface area contributed by atoms with Crippen molar-refractivity contribution < 1.29 is 9.53 Å². The van der Waals surface area contributed by atoms with Gasteiger partial charge in [-0.15, -0.1) is 0 Å². The summed E-state index contributed by atoms with van der Waals surface area (Å²) in [5, 5.41) is 1.29. The molecule has 112 valence electrons. The van der Waals surface area contributed by atoms with Gasteiger partial charge in [-0.05, 0) is 43.5 Å². The maximum atomic E-state index is 11.9. The van der Waals surface area contributed by atoms with Gasteiger partial charge in [0.05, 0.1) is 12.5 Å². The van der Waals surface area contributed by atoms with Crippen LogP contribution in [0.1, 0.15) is 24.6 Å². The summed E-state index contributed by atoms with van der Waals surface area (Å²) < 4.78 is 5.16. The largest absolute Gasteiger partial charge is 0.466 e. The lowest BCUT2D eigenvalue weighted by atomic mass is 9.87. The molecule has 2 aromatic rings. The van der Waals surface area contributed by atoms with Crippen molar-refractivity contribution in [3.8, 4) is 0 Å². The van der Waals surface area contributed by atoms with Gasteiger partial charge in [0, 0.05) is 42.8 Å². The standard InChI is InChI=1S/C17H22N2O2/c1-4-21-17(20)11-5-7-13-14-10-12(19(2)3)6-8-15(14)18-16(13)9-11/h6,8,10-11,18H,4-5,7,9H2,1-3H3. The van der Waals surface area contributed by atoms with Crippen molar-refractivity contribution in [1.29, 1.82) is 0 Å². The molecule has 0 spiro atoms. The Morgan fingerprint density at radius 3 is 2.95 bits per heavy atom. The lowest BCUT2D eigenvalue weighted by Crippen LogP contribution is -2.24. The van der Waals surface area contributed by atoms with E-state index in [0.29, 0.717) is 6.61 Å². The molecule has 1 aliphatic rings. The van der Waals surface area contributed by atoms with Gasteiger partial charge < -0.3 is 14.6 Å². The molecule has 0 saturated heterocycles. The third-order valence-electron chi connectivity index (χ3n) is 4.31. The fourth-order valence-electron chi connectivity index (χ4n) is 3.16. The maximum Gasteiger partial charge on any atom is 0.309 e. The highest BCUT2D eigenvalue weighted by Crippen LogP contribution is 2.33. The van der Waals surface area contributed by atoms with E-state index in [2.05, 4.69) is 42.2 Å². The highest BCUT2D eigenvalue weighted by Gasteiger charge is 2.28. The minimum atomic E-state index is -0.0595. The van der Waals surface area contributed by atoms with E-state index in [1.165, 1.54) is 22.3 Å². The number of nitrogens with one attached hydrogen (secondary N) is 1. The molecule has 1 heterocycles. The number of nitrogens with zero attached hydrogens (tertiary/aromatic N) is 1. The lowest BCUT2D eigenvalue weighted by molar-refractivity contribution is -0.148. The Morgan fingerprint density at radius 1 is 1.43 bits per heavy atom. The number of ether oxygens (including phenoxy) is 1. The van der Waals surface area contributed by atoms with Gasteiger partial charge in [-0.1, -0.05) is 0 Å². The minimum absolute atomic E-state index is 0.00108. The average Bonchev–Trinajstić information content (AvgIpc) is 2.84. The molecule has 4 nitrogen and oxygen atoms in total. The monoisotopic (exact) mass is 286 g/mol. The van der Waals surface area contributed by atoms with Crippen LogP contribution < -0.4 is 4.90 Å². The molecular weight excluding hydrogens is 264 g/mol. The van der Waals surface area contributed by atoms with Gasteiger partial charge in [0.15, 0.2) is 0 Å². The van der Waals surface area contributed by atoms with E-state index in [-0.39, 0.29) is 11.9 Å². The first-order valence-electron chi connectivity index (χ1n) is 7.57. The number of aromatic amines is 1. The summed E-state index contributed by atoms with van der Waals surface area (Å²) in [6.07, 6.45) is 2.58. The first-order chi connectivity index (χ1) is 10.1. The zero-order valence-corrected chi connectivity index (χ0v) is 12.9. The summed E-state index contributed by atoms with van der Waals surface area (Å²) in [6.45, 7) is 2.32. The number of esters is 1. The molecule has 0 fully saturated rings. The Kier molecular flexibility index (Phi) is 3.62. The summed E-state index contributed by atoms with van der Waals surface area (Å²) in [4.78, 5) is 17.5. The number of anilines is 1. The highest BCUT2D eigenvalue weighted by molar-refractivity contribution is 5.88. The van der Waals surface area contributed by atoms with Crippen LogP contribution in [0.5, 0.6) is 0 Å². The van der Waals surface area contributed by atoms with E-state index in [9.17, 15) is 4.79 Å². The van der Waals surface area contributed by atoms with Gasteiger partial charge in [-0.2, -0.15) is 0 Å². The summed E-state index contributed by atoms with van der Waals surface area (Å²) in [5.41, 5.74) is 4.94. The van der Waals surface area contributed by atoms with Crippen LogP contribution in [0, 0.1) is 5.92 Å². The summed E-state index contributed by atoms with van der Waals surface area (Å²) in [6, 6.07) is 6.48. The van der Waals surface area contributed by atoms with Gasteiger partial charge >= 0.3 is 5.97 Å². The molecule has 0 aliphatic heterocycles. The van der Waals surface area contributed by atoms with Crippen molar-refractivity contribution in [2.45, 2.75) is 26.2 Å². The zero-order chi connectivity index (χ0) is 15.0. The summed E-state index contributed by atoms with van der Waals surface area (Å²) in [7, 11) is 4.11. The predicted molar refractivity (Wildman–Crippen MR) is 84.8 cm³/mol. The van der Waals surface area contributed by atoms with Crippen LogP contribution in [0.3, 0.4) is 0 Å². The van der Waals surface area contributed by atoms with E-state index >= 15 is 0 Å². The summed E-state index contributed by atoms with van der Waals surface area (Å²) >= 11 is 0. The van der Waals surface area contributed by atoms with Gasteiger partial charge in [0.1, 0.15) is 0 Å². The Balaban J connectivity index is 1.93. The molecule has 1 aromatic heterocycles. The van der Waals surface area contributed by atoms with Crippen LogP contribution in [-0.4, -0.2) is 31.7 Å². The third kappa shape index (κ3) is 2.50. The van der Waals surface area contributed by atoms with E-state index in [4.69, 9.17) is 4.74 Å². The number of carbonyl (C=O) groups is 1. The van der Waals surface area contributed by atoms with Gasteiger partial charge in [-0.3, -0.25) is 4.79 Å². The van der Waals surface area contributed by atoms with Crippen LogP contribution in [-0.2, 0) is 22.4 Å². The number of rotatable bonds is 3. The highest BCUT2D eigenvalue weighted by atomic mass is 16.5. The van der Waals surface area contributed by atoms with Crippen molar-refractivity contribution in [3.63, 3.8) is 0 Å². The molecule has 0 radical (unpaired) electrons. The van der Waals surface area contributed by atoms with E-state index in [1.807, 2.05) is 6.92 Å². The number of carbonyl (C=O) groups excluding carboxylic acids is 1. The Labute approximate surface area is 125 Å². The zero-order valence-electron chi connectivity index (χ0n) is 12.9. The maximum absolute atomic E-state index is 11.9. The number of fused-ring (bicyclic) bond motifs is 3. The number of hydrogen-bond acceptors (Lipinski definition) is 3. The molecule has 0 bridgehead atoms. The minimum Gasteiger partial charge on any atom is -0.466 e. The molecule has 1 unspecified atom stereocenters. The second-order valence-electron chi connectivity index (χ2n) is 5.90. The normalized spacial score (nSPS) is 17.6. The second kappa shape index (κ2) is 5.43. The molecule has 1 aliphatic carbocycles. The van der Waals surface area contributed by atoms with Crippen molar-refractivity contribution in [1.82, 2.24) is 4.98 Å². The van der Waals surface area contributed by atoms with Crippen LogP contribution in [0.2, 0.25) is 0 Å². The molecule has 1 atom stereocenters. The molecule has 21 heavy (non-hydrogen) atoms. The SMILES string of the molecule is CCOC(=O)C1CCc2c([nH]c3ccc(N(C)C)cc23)C1. The predicted octanol–water partition coefficient (Wildman–Crippen LogP) is 2.90. The molecule has 1 N–H and O–H groups in total. The molecular formula is C17H22N2O2. The molecule has 4 heteroatoms. The van der Waals surface area contributed by atoms with Crippen molar-refractivity contribution >= 4 is 22.6 Å². The van der Waals surface area contributed by atoms with Gasteiger partial charge in [0.25, 0.3) is 0 Å². The second-order valence-corrected chi connectivity index (χ2v) is 5.90. The van der Waals surface area contributed by atoms with Crippen LogP contribution >= 0.6 is 0 Å².